The first-order chi connectivity index (χ1) is 8.13. The second-order valence-corrected chi connectivity index (χ2v) is 5.71. The van der Waals surface area contributed by atoms with E-state index in [1.54, 1.807) is 18.4 Å². The van der Waals surface area contributed by atoms with Crippen molar-refractivity contribution >= 4 is 38.9 Å². The van der Waals surface area contributed by atoms with Crippen LogP contribution < -0.4 is 10.5 Å². The number of hydrogen-bond acceptors (Lipinski definition) is 3. The normalized spacial score (nSPS) is 12.5. The van der Waals surface area contributed by atoms with Gasteiger partial charge in [0.05, 0.1) is 13.2 Å². The van der Waals surface area contributed by atoms with Crippen LogP contribution >= 0.6 is 38.9 Å². The van der Waals surface area contributed by atoms with Gasteiger partial charge >= 0.3 is 0 Å². The van der Waals surface area contributed by atoms with Crippen molar-refractivity contribution in [1.29, 1.82) is 0 Å². The third-order valence-electron chi connectivity index (χ3n) is 2.45. The predicted octanol–water partition coefficient (Wildman–Crippen LogP) is 4.22. The number of hydrogen-bond donors (Lipinski definition) is 1. The zero-order valence-corrected chi connectivity index (χ0v) is 12.3. The molecule has 0 aliphatic rings. The van der Waals surface area contributed by atoms with Gasteiger partial charge in [0, 0.05) is 25.3 Å². The van der Waals surface area contributed by atoms with Crippen molar-refractivity contribution < 1.29 is 4.74 Å². The molecule has 0 saturated carbocycles. The monoisotopic (exact) mass is 331 g/mol. The smallest absolute Gasteiger partial charge is 0.129 e. The van der Waals surface area contributed by atoms with Crippen molar-refractivity contribution in [1.82, 2.24) is 0 Å². The second kappa shape index (κ2) is 5.40. The maximum absolute atomic E-state index is 6.23. The van der Waals surface area contributed by atoms with Gasteiger partial charge in [0.1, 0.15) is 5.75 Å². The van der Waals surface area contributed by atoms with Crippen molar-refractivity contribution in [3.05, 3.63) is 49.6 Å². The molecule has 1 atom stereocenters. The number of ether oxygens (including phenoxy) is 1. The molecular weight excluding hydrogens is 322 g/mol. The average Bonchev–Trinajstić information content (AvgIpc) is 2.77. The molecule has 2 rings (SSSR count). The van der Waals surface area contributed by atoms with Gasteiger partial charge in [-0.05, 0) is 18.2 Å². The van der Waals surface area contributed by atoms with E-state index in [0.29, 0.717) is 5.02 Å². The molecule has 0 saturated heterocycles. The predicted molar refractivity (Wildman–Crippen MR) is 76.1 cm³/mol. The fourth-order valence-electron chi connectivity index (χ4n) is 1.55. The Morgan fingerprint density at radius 1 is 1.47 bits per heavy atom. The minimum Gasteiger partial charge on any atom is -0.496 e. The van der Waals surface area contributed by atoms with Crippen molar-refractivity contribution in [2.45, 2.75) is 6.04 Å². The Morgan fingerprint density at radius 3 is 2.82 bits per heavy atom. The lowest BCUT2D eigenvalue weighted by Gasteiger charge is -2.13. The standard InChI is InChI=1S/C12H11BrClNOS/c1-16-7-5-10(17-6-7)12(15)11-8(13)3-2-4-9(11)14/h2-6,12H,15H2,1H3. The lowest BCUT2D eigenvalue weighted by molar-refractivity contribution is 0.416. The molecule has 17 heavy (non-hydrogen) atoms. The van der Waals surface area contributed by atoms with Gasteiger partial charge in [-0.3, -0.25) is 0 Å². The van der Waals surface area contributed by atoms with E-state index in [-0.39, 0.29) is 6.04 Å². The summed E-state index contributed by atoms with van der Waals surface area (Å²) in [6.45, 7) is 0. The van der Waals surface area contributed by atoms with E-state index in [4.69, 9.17) is 22.1 Å². The molecule has 0 amide bonds. The summed E-state index contributed by atoms with van der Waals surface area (Å²) in [6, 6.07) is 7.35. The van der Waals surface area contributed by atoms with E-state index >= 15 is 0 Å². The summed E-state index contributed by atoms with van der Waals surface area (Å²) in [5.41, 5.74) is 7.13. The molecule has 90 valence electrons. The SMILES string of the molecule is COc1csc(C(N)c2c(Cl)cccc2Br)c1. The van der Waals surface area contributed by atoms with E-state index in [9.17, 15) is 0 Å². The van der Waals surface area contributed by atoms with Crippen LogP contribution in [0.5, 0.6) is 5.75 Å². The summed E-state index contributed by atoms with van der Waals surface area (Å²) >= 11 is 11.2. The highest BCUT2D eigenvalue weighted by molar-refractivity contribution is 9.10. The fraction of sp³-hybridized carbons (Fsp3) is 0.167. The molecule has 1 aromatic heterocycles. The van der Waals surface area contributed by atoms with Crippen molar-refractivity contribution in [3.8, 4) is 5.75 Å². The summed E-state index contributed by atoms with van der Waals surface area (Å²) in [7, 11) is 1.64. The van der Waals surface area contributed by atoms with Crippen LogP contribution in [0.25, 0.3) is 0 Å². The van der Waals surface area contributed by atoms with E-state index in [1.807, 2.05) is 29.6 Å². The molecule has 2 N–H and O–H groups in total. The van der Waals surface area contributed by atoms with E-state index < -0.39 is 0 Å². The Labute approximate surface area is 117 Å². The largest absolute Gasteiger partial charge is 0.496 e. The van der Waals surface area contributed by atoms with Gasteiger partial charge in [-0.1, -0.05) is 33.6 Å². The molecule has 0 aliphatic carbocycles. The zero-order chi connectivity index (χ0) is 12.4. The Morgan fingerprint density at radius 2 is 2.24 bits per heavy atom. The molecule has 0 fully saturated rings. The molecule has 0 bridgehead atoms. The maximum Gasteiger partial charge on any atom is 0.129 e. The Bertz CT molecular complexity index is 509. The van der Waals surface area contributed by atoms with Gasteiger partial charge in [-0.15, -0.1) is 11.3 Å². The lowest BCUT2D eigenvalue weighted by Crippen LogP contribution is -2.11. The van der Waals surface area contributed by atoms with Crippen LogP contribution in [-0.2, 0) is 0 Å². The minimum atomic E-state index is -0.244. The third kappa shape index (κ3) is 2.65. The van der Waals surface area contributed by atoms with Crippen LogP contribution in [0.1, 0.15) is 16.5 Å². The quantitative estimate of drug-likeness (QED) is 0.913. The van der Waals surface area contributed by atoms with Crippen molar-refractivity contribution in [2.75, 3.05) is 7.11 Å². The zero-order valence-electron chi connectivity index (χ0n) is 9.11. The van der Waals surface area contributed by atoms with E-state index in [1.165, 1.54) is 0 Å². The molecule has 0 aliphatic heterocycles. The topological polar surface area (TPSA) is 35.2 Å². The molecular formula is C12H11BrClNOS. The van der Waals surface area contributed by atoms with E-state index in [2.05, 4.69) is 15.9 Å². The number of halogens is 2. The molecule has 1 unspecified atom stereocenters. The van der Waals surface area contributed by atoms with Gasteiger partial charge in [0.15, 0.2) is 0 Å². The molecule has 0 spiro atoms. The van der Waals surface area contributed by atoms with Gasteiger partial charge in [-0.25, -0.2) is 0 Å². The van der Waals surface area contributed by atoms with Crippen LogP contribution in [0.3, 0.4) is 0 Å². The summed E-state index contributed by atoms with van der Waals surface area (Å²) < 4.78 is 6.07. The summed E-state index contributed by atoms with van der Waals surface area (Å²) in [5, 5.41) is 2.60. The maximum atomic E-state index is 6.23. The number of benzene rings is 1. The van der Waals surface area contributed by atoms with Crippen LogP contribution in [-0.4, -0.2) is 7.11 Å². The molecule has 5 heteroatoms. The molecule has 2 aromatic rings. The van der Waals surface area contributed by atoms with Crippen molar-refractivity contribution in [2.24, 2.45) is 5.73 Å². The molecule has 1 heterocycles. The fourth-order valence-corrected chi connectivity index (χ4v) is 3.44. The number of thiophene rings is 1. The summed E-state index contributed by atoms with van der Waals surface area (Å²) in [5.74, 6) is 0.823. The first-order valence-electron chi connectivity index (χ1n) is 4.95. The molecule has 0 radical (unpaired) electrons. The average molecular weight is 333 g/mol. The highest BCUT2D eigenvalue weighted by Crippen LogP contribution is 2.36. The highest BCUT2D eigenvalue weighted by atomic mass is 79.9. The van der Waals surface area contributed by atoms with Crippen LogP contribution in [0.2, 0.25) is 5.02 Å². The van der Waals surface area contributed by atoms with Gasteiger partial charge in [-0.2, -0.15) is 0 Å². The number of methoxy groups -OCH3 is 1. The summed E-state index contributed by atoms with van der Waals surface area (Å²) in [4.78, 5) is 1.02. The van der Waals surface area contributed by atoms with Gasteiger partial charge in [0.25, 0.3) is 0 Å². The highest BCUT2D eigenvalue weighted by Gasteiger charge is 2.17. The number of rotatable bonds is 3. The van der Waals surface area contributed by atoms with Crippen LogP contribution in [0.4, 0.5) is 0 Å². The lowest BCUT2D eigenvalue weighted by atomic mass is 10.1. The first kappa shape index (κ1) is 12.9. The Hall–Kier alpha value is -0.550. The Kier molecular flexibility index (Phi) is 4.09. The summed E-state index contributed by atoms with van der Waals surface area (Å²) in [6.07, 6.45) is 0. The Balaban J connectivity index is 2.39. The third-order valence-corrected chi connectivity index (χ3v) is 4.46. The van der Waals surface area contributed by atoms with Crippen LogP contribution in [0, 0.1) is 0 Å². The number of nitrogens with two attached hydrogens (primary N) is 1. The molecule has 1 aromatic carbocycles. The van der Waals surface area contributed by atoms with Crippen molar-refractivity contribution in [3.63, 3.8) is 0 Å². The second-order valence-electron chi connectivity index (χ2n) is 3.50. The van der Waals surface area contributed by atoms with E-state index in [0.717, 1.165) is 20.7 Å². The molecule has 2 nitrogen and oxygen atoms in total. The van der Waals surface area contributed by atoms with Crippen LogP contribution in [0.15, 0.2) is 34.1 Å². The minimum absolute atomic E-state index is 0.244. The first-order valence-corrected chi connectivity index (χ1v) is 7.00. The van der Waals surface area contributed by atoms with Gasteiger partial charge in [0.2, 0.25) is 0 Å². The van der Waals surface area contributed by atoms with Gasteiger partial charge < -0.3 is 10.5 Å².